The van der Waals surface area contributed by atoms with Crippen molar-refractivity contribution >= 4 is 5.97 Å². The molecule has 0 unspecified atom stereocenters. The molecule has 27 heavy (non-hydrogen) atoms. The third-order valence-corrected chi connectivity index (χ3v) is 4.91. The van der Waals surface area contributed by atoms with E-state index in [2.05, 4.69) is 38.6 Å². The standard InChI is InChI=1S/C24H31NO2/c1-6-8-9-10-20-11-16-23(18(3)17-20)21-12-14-22(15-13-21)27-24(26)19(4)25(5)7-2/h11-17H,4,6-10H2,1-3,5H3. The lowest BCUT2D eigenvalue weighted by molar-refractivity contribution is -0.131. The number of carbonyl (C=O) groups excluding carboxylic acids is 1. The van der Waals surface area contributed by atoms with Gasteiger partial charge in [-0.3, -0.25) is 0 Å². The number of esters is 1. The van der Waals surface area contributed by atoms with E-state index in [0.717, 1.165) is 12.0 Å². The highest BCUT2D eigenvalue weighted by molar-refractivity contribution is 5.88. The maximum atomic E-state index is 12.1. The van der Waals surface area contributed by atoms with E-state index in [9.17, 15) is 4.79 Å². The van der Waals surface area contributed by atoms with Crippen molar-refractivity contribution in [3.05, 3.63) is 65.9 Å². The van der Waals surface area contributed by atoms with Gasteiger partial charge in [-0.05, 0) is 61.1 Å². The number of carbonyl (C=O) groups is 1. The molecule has 0 radical (unpaired) electrons. The van der Waals surface area contributed by atoms with E-state index < -0.39 is 5.97 Å². The van der Waals surface area contributed by atoms with E-state index in [1.165, 1.54) is 36.0 Å². The van der Waals surface area contributed by atoms with Crippen LogP contribution in [0.1, 0.15) is 44.2 Å². The lowest BCUT2D eigenvalue weighted by atomic mass is 9.96. The molecule has 0 heterocycles. The monoisotopic (exact) mass is 365 g/mol. The van der Waals surface area contributed by atoms with Crippen molar-refractivity contribution in [2.45, 2.75) is 46.5 Å². The predicted molar refractivity (Wildman–Crippen MR) is 113 cm³/mol. The molecule has 0 saturated heterocycles. The molecule has 0 aliphatic carbocycles. The molecule has 0 aromatic heterocycles. The summed E-state index contributed by atoms with van der Waals surface area (Å²) in [6.45, 7) is 10.8. The van der Waals surface area contributed by atoms with Crippen LogP contribution in [0.4, 0.5) is 0 Å². The van der Waals surface area contributed by atoms with Gasteiger partial charge in [0.1, 0.15) is 11.4 Å². The Balaban J connectivity index is 2.06. The molecule has 144 valence electrons. The molecule has 2 rings (SSSR count). The number of rotatable bonds is 9. The van der Waals surface area contributed by atoms with E-state index in [0.29, 0.717) is 18.0 Å². The normalized spacial score (nSPS) is 10.5. The molecule has 0 fully saturated rings. The zero-order valence-electron chi connectivity index (χ0n) is 17.0. The summed E-state index contributed by atoms with van der Waals surface area (Å²) >= 11 is 0. The van der Waals surface area contributed by atoms with Gasteiger partial charge in [0.25, 0.3) is 0 Å². The molecule has 0 spiro atoms. The smallest absolute Gasteiger partial charge is 0.359 e. The van der Waals surface area contributed by atoms with Crippen molar-refractivity contribution < 1.29 is 9.53 Å². The lowest BCUT2D eigenvalue weighted by Crippen LogP contribution is -2.25. The average molecular weight is 366 g/mol. The number of hydrogen-bond acceptors (Lipinski definition) is 3. The highest BCUT2D eigenvalue weighted by atomic mass is 16.5. The minimum Gasteiger partial charge on any atom is -0.422 e. The first kappa shape index (κ1) is 20.8. The van der Waals surface area contributed by atoms with Crippen LogP contribution in [0.3, 0.4) is 0 Å². The van der Waals surface area contributed by atoms with Crippen LogP contribution in [-0.4, -0.2) is 24.5 Å². The molecular formula is C24H31NO2. The summed E-state index contributed by atoms with van der Waals surface area (Å²) in [6, 6.07) is 14.3. The maximum absolute atomic E-state index is 12.1. The van der Waals surface area contributed by atoms with Crippen molar-refractivity contribution in [2.75, 3.05) is 13.6 Å². The van der Waals surface area contributed by atoms with Crippen LogP contribution in [0.15, 0.2) is 54.7 Å². The van der Waals surface area contributed by atoms with Crippen LogP contribution in [-0.2, 0) is 11.2 Å². The molecule has 0 aliphatic rings. The molecule has 0 bridgehead atoms. The first-order chi connectivity index (χ1) is 13.0. The van der Waals surface area contributed by atoms with E-state index in [1.807, 2.05) is 38.2 Å². The summed E-state index contributed by atoms with van der Waals surface area (Å²) in [5.41, 5.74) is 5.36. The third kappa shape index (κ3) is 5.72. The van der Waals surface area contributed by atoms with Gasteiger partial charge in [-0.15, -0.1) is 0 Å². The molecule has 0 aliphatic heterocycles. The number of hydrogen-bond donors (Lipinski definition) is 0. The Bertz CT molecular complexity index is 777. The fourth-order valence-electron chi connectivity index (χ4n) is 3.00. The van der Waals surface area contributed by atoms with E-state index in [1.54, 1.807) is 4.90 Å². The van der Waals surface area contributed by atoms with Crippen LogP contribution < -0.4 is 4.74 Å². The van der Waals surface area contributed by atoms with Crippen molar-refractivity contribution in [3.8, 4) is 16.9 Å². The van der Waals surface area contributed by atoms with Crippen molar-refractivity contribution in [2.24, 2.45) is 0 Å². The van der Waals surface area contributed by atoms with Crippen LogP contribution >= 0.6 is 0 Å². The molecule has 0 atom stereocenters. The zero-order valence-corrected chi connectivity index (χ0v) is 17.0. The second-order valence-corrected chi connectivity index (χ2v) is 6.98. The number of likely N-dealkylation sites (N-methyl/N-ethyl adjacent to an activating group) is 1. The molecular weight excluding hydrogens is 334 g/mol. The zero-order chi connectivity index (χ0) is 19.8. The summed E-state index contributed by atoms with van der Waals surface area (Å²) in [7, 11) is 1.82. The summed E-state index contributed by atoms with van der Waals surface area (Å²) in [6.07, 6.45) is 4.91. The van der Waals surface area contributed by atoms with Crippen LogP contribution in [0.2, 0.25) is 0 Å². The molecule has 3 nitrogen and oxygen atoms in total. The Morgan fingerprint density at radius 3 is 2.37 bits per heavy atom. The number of nitrogens with zero attached hydrogens (tertiary/aromatic N) is 1. The molecule has 0 N–H and O–H groups in total. The average Bonchev–Trinajstić information content (AvgIpc) is 2.68. The van der Waals surface area contributed by atoms with Gasteiger partial charge in [0.2, 0.25) is 0 Å². The molecule has 0 saturated carbocycles. The van der Waals surface area contributed by atoms with Crippen molar-refractivity contribution in [3.63, 3.8) is 0 Å². The van der Waals surface area contributed by atoms with Gasteiger partial charge < -0.3 is 9.64 Å². The lowest BCUT2D eigenvalue weighted by Gasteiger charge is -2.17. The van der Waals surface area contributed by atoms with Gasteiger partial charge in [-0.25, -0.2) is 4.79 Å². The second-order valence-electron chi connectivity index (χ2n) is 6.98. The van der Waals surface area contributed by atoms with Gasteiger partial charge >= 0.3 is 5.97 Å². The molecule has 2 aromatic carbocycles. The first-order valence-corrected chi connectivity index (χ1v) is 9.78. The van der Waals surface area contributed by atoms with Gasteiger partial charge in [0.05, 0.1) is 0 Å². The van der Waals surface area contributed by atoms with Crippen LogP contribution in [0.25, 0.3) is 11.1 Å². The van der Waals surface area contributed by atoms with Crippen molar-refractivity contribution in [1.29, 1.82) is 0 Å². The van der Waals surface area contributed by atoms with Gasteiger partial charge in [-0.2, -0.15) is 0 Å². The Hall–Kier alpha value is -2.55. The quantitative estimate of drug-likeness (QED) is 0.245. The summed E-state index contributed by atoms with van der Waals surface area (Å²) < 4.78 is 5.41. The summed E-state index contributed by atoms with van der Waals surface area (Å²) in [5.74, 6) is 0.114. The Labute approximate surface area is 163 Å². The number of aryl methyl sites for hydroxylation is 2. The Kier molecular flexibility index (Phi) is 7.66. The topological polar surface area (TPSA) is 29.5 Å². The molecule has 2 aromatic rings. The Morgan fingerprint density at radius 1 is 1.07 bits per heavy atom. The second kappa shape index (κ2) is 9.96. The number of benzene rings is 2. The largest absolute Gasteiger partial charge is 0.422 e. The van der Waals surface area contributed by atoms with E-state index in [-0.39, 0.29) is 0 Å². The minimum absolute atomic E-state index is 0.357. The van der Waals surface area contributed by atoms with Crippen LogP contribution in [0, 0.1) is 6.92 Å². The number of unbranched alkanes of at least 4 members (excludes halogenated alkanes) is 2. The number of ether oxygens (including phenoxy) is 1. The minimum atomic E-state index is -0.417. The van der Waals surface area contributed by atoms with Gasteiger partial charge in [0.15, 0.2) is 0 Å². The fourth-order valence-corrected chi connectivity index (χ4v) is 3.00. The first-order valence-electron chi connectivity index (χ1n) is 9.78. The van der Waals surface area contributed by atoms with Crippen LogP contribution in [0.5, 0.6) is 5.75 Å². The van der Waals surface area contributed by atoms with Crippen molar-refractivity contribution in [1.82, 2.24) is 4.90 Å². The predicted octanol–water partition coefficient (Wildman–Crippen LogP) is 5.77. The molecule has 3 heteroatoms. The van der Waals surface area contributed by atoms with E-state index >= 15 is 0 Å². The van der Waals surface area contributed by atoms with E-state index in [4.69, 9.17) is 4.74 Å². The summed E-state index contributed by atoms with van der Waals surface area (Å²) in [5, 5.41) is 0. The maximum Gasteiger partial charge on any atom is 0.359 e. The van der Waals surface area contributed by atoms with Gasteiger partial charge in [-0.1, -0.05) is 56.7 Å². The Morgan fingerprint density at radius 2 is 1.78 bits per heavy atom. The third-order valence-electron chi connectivity index (χ3n) is 4.91. The van der Waals surface area contributed by atoms with Gasteiger partial charge in [0, 0.05) is 13.6 Å². The summed E-state index contributed by atoms with van der Waals surface area (Å²) in [4.78, 5) is 13.9. The fraction of sp³-hybridized carbons (Fsp3) is 0.375. The molecule has 0 amide bonds. The highest BCUT2D eigenvalue weighted by Gasteiger charge is 2.13. The SMILES string of the molecule is C=C(C(=O)Oc1ccc(-c2ccc(CCCCC)cc2C)cc1)N(C)CC. The highest BCUT2D eigenvalue weighted by Crippen LogP contribution is 2.27.